The zero-order chi connectivity index (χ0) is 13.2. The SMILES string of the molecule is O=C(O)c1cccc2nc(NC3CCNCC3)oc12. The zero-order valence-electron chi connectivity index (χ0n) is 10.3. The number of anilines is 1. The number of nitrogens with zero attached hydrogens (tertiary/aromatic N) is 1. The van der Waals surface area contributed by atoms with Crippen molar-refractivity contribution in [2.24, 2.45) is 0 Å². The Bertz CT molecular complexity index is 602. The van der Waals surface area contributed by atoms with Gasteiger partial charge in [0.05, 0.1) is 0 Å². The van der Waals surface area contributed by atoms with Gasteiger partial charge in [-0.2, -0.15) is 4.98 Å². The summed E-state index contributed by atoms with van der Waals surface area (Å²) in [5.74, 6) is -1.00. The van der Waals surface area contributed by atoms with Gasteiger partial charge >= 0.3 is 5.97 Å². The molecule has 0 bridgehead atoms. The number of hydrogen-bond donors (Lipinski definition) is 3. The van der Waals surface area contributed by atoms with Crippen LogP contribution in [0.25, 0.3) is 11.1 Å². The highest BCUT2D eigenvalue weighted by Crippen LogP contribution is 2.23. The van der Waals surface area contributed by atoms with Crippen LogP contribution in [0.15, 0.2) is 22.6 Å². The highest BCUT2D eigenvalue weighted by atomic mass is 16.4. The van der Waals surface area contributed by atoms with E-state index >= 15 is 0 Å². The predicted octanol–water partition coefficient (Wildman–Crippen LogP) is 1.69. The number of rotatable bonds is 3. The number of benzene rings is 1. The van der Waals surface area contributed by atoms with Crippen LogP contribution in [0.3, 0.4) is 0 Å². The first-order valence-corrected chi connectivity index (χ1v) is 6.34. The average Bonchev–Trinajstić information content (AvgIpc) is 2.81. The van der Waals surface area contributed by atoms with Crippen molar-refractivity contribution in [2.75, 3.05) is 18.4 Å². The van der Waals surface area contributed by atoms with E-state index in [1.807, 2.05) is 0 Å². The lowest BCUT2D eigenvalue weighted by Crippen LogP contribution is -2.35. The monoisotopic (exact) mass is 261 g/mol. The van der Waals surface area contributed by atoms with Crippen LogP contribution in [-0.2, 0) is 0 Å². The normalized spacial score (nSPS) is 16.6. The van der Waals surface area contributed by atoms with Crippen molar-refractivity contribution < 1.29 is 14.3 Å². The number of para-hydroxylation sites is 1. The Labute approximate surface area is 109 Å². The third-order valence-electron chi connectivity index (χ3n) is 3.31. The lowest BCUT2D eigenvalue weighted by Gasteiger charge is -2.22. The molecule has 0 spiro atoms. The van der Waals surface area contributed by atoms with E-state index in [-0.39, 0.29) is 5.56 Å². The smallest absolute Gasteiger partial charge is 0.339 e. The lowest BCUT2D eigenvalue weighted by molar-refractivity contribution is 0.0698. The summed E-state index contributed by atoms with van der Waals surface area (Å²) in [6, 6.07) is 5.66. The van der Waals surface area contributed by atoms with Gasteiger partial charge in [0.25, 0.3) is 6.01 Å². The summed E-state index contributed by atoms with van der Waals surface area (Å²) in [6.45, 7) is 1.94. The van der Waals surface area contributed by atoms with Gasteiger partial charge in [-0.15, -0.1) is 0 Å². The maximum absolute atomic E-state index is 11.1. The molecule has 3 N–H and O–H groups in total. The molecule has 0 unspecified atom stereocenters. The number of carboxylic acid groups (broad SMARTS) is 1. The topological polar surface area (TPSA) is 87.4 Å². The molecular formula is C13H15N3O3. The summed E-state index contributed by atoms with van der Waals surface area (Å²) in [5, 5.41) is 15.6. The third-order valence-corrected chi connectivity index (χ3v) is 3.31. The Morgan fingerprint density at radius 2 is 2.21 bits per heavy atom. The quantitative estimate of drug-likeness (QED) is 0.779. The molecule has 6 heteroatoms. The third kappa shape index (κ3) is 2.39. The van der Waals surface area contributed by atoms with Gasteiger partial charge in [-0.25, -0.2) is 4.79 Å². The maximum Gasteiger partial charge on any atom is 0.339 e. The number of nitrogens with one attached hydrogen (secondary N) is 2. The van der Waals surface area contributed by atoms with Crippen molar-refractivity contribution in [3.05, 3.63) is 23.8 Å². The first-order valence-electron chi connectivity index (χ1n) is 6.34. The van der Waals surface area contributed by atoms with Crippen LogP contribution in [0.4, 0.5) is 6.01 Å². The molecule has 0 radical (unpaired) electrons. The second-order valence-electron chi connectivity index (χ2n) is 4.65. The standard InChI is InChI=1S/C13H15N3O3/c17-12(18)9-2-1-3-10-11(9)19-13(16-10)15-8-4-6-14-7-5-8/h1-3,8,14H,4-7H2,(H,15,16)(H,17,18). The highest BCUT2D eigenvalue weighted by molar-refractivity contribution is 6.00. The fraction of sp³-hybridized carbons (Fsp3) is 0.385. The van der Waals surface area contributed by atoms with Crippen molar-refractivity contribution in [2.45, 2.75) is 18.9 Å². The zero-order valence-corrected chi connectivity index (χ0v) is 10.3. The molecule has 0 atom stereocenters. The molecule has 100 valence electrons. The minimum absolute atomic E-state index is 0.142. The molecule has 0 saturated carbocycles. The first kappa shape index (κ1) is 12.0. The van der Waals surface area contributed by atoms with Crippen molar-refractivity contribution in [1.82, 2.24) is 10.3 Å². The lowest BCUT2D eigenvalue weighted by atomic mass is 10.1. The Kier molecular flexibility index (Phi) is 3.08. The summed E-state index contributed by atoms with van der Waals surface area (Å²) in [4.78, 5) is 15.4. The molecule has 1 aliphatic rings. The van der Waals surface area contributed by atoms with Crippen molar-refractivity contribution in [3.8, 4) is 0 Å². The van der Waals surface area contributed by atoms with Gasteiger partial charge < -0.3 is 20.2 Å². The van der Waals surface area contributed by atoms with Crippen LogP contribution in [0.1, 0.15) is 23.2 Å². The average molecular weight is 261 g/mol. The van der Waals surface area contributed by atoms with Gasteiger partial charge in [-0.1, -0.05) is 6.07 Å². The van der Waals surface area contributed by atoms with Crippen molar-refractivity contribution >= 4 is 23.1 Å². The molecule has 1 aromatic heterocycles. The molecule has 0 aliphatic carbocycles. The number of aromatic nitrogens is 1. The van der Waals surface area contributed by atoms with Gasteiger partial charge in [0.15, 0.2) is 5.58 Å². The largest absolute Gasteiger partial charge is 0.478 e. The maximum atomic E-state index is 11.1. The molecule has 1 saturated heterocycles. The van der Waals surface area contributed by atoms with E-state index in [4.69, 9.17) is 9.52 Å². The van der Waals surface area contributed by atoms with Crippen LogP contribution in [-0.4, -0.2) is 35.2 Å². The second-order valence-corrected chi connectivity index (χ2v) is 4.65. The minimum Gasteiger partial charge on any atom is -0.478 e. The van der Waals surface area contributed by atoms with Crippen LogP contribution in [0, 0.1) is 0 Å². The van der Waals surface area contributed by atoms with Crippen molar-refractivity contribution in [3.63, 3.8) is 0 Å². The number of oxazole rings is 1. The van der Waals surface area contributed by atoms with E-state index in [1.54, 1.807) is 12.1 Å². The van der Waals surface area contributed by atoms with E-state index in [9.17, 15) is 4.79 Å². The Morgan fingerprint density at radius 3 is 2.95 bits per heavy atom. The van der Waals surface area contributed by atoms with Crippen molar-refractivity contribution in [1.29, 1.82) is 0 Å². The molecule has 19 heavy (non-hydrogen) atoms. The summed E-state index contributed by atoms with van der Waals surface area (Å²) < 4.78 is 5.54. The number of piperidine rings is 1. The van der Waals surface area contributed by atoms with Gasteiger partial charge in [-0.05, 0) is 38.1 Å². The van der Waals surface area contributed by atoms with E-state index in [0.717, 1.165) is 25.9 Å². The second kappa shape index (κ2) is 4.89. The van der Waals surface area contributed by atoms with Crippen LogP contribution >= 0.6 is 0 Å². The summed E-state index contributed by atoms with van der Waals surface area (Å²) in [6.07, 6.45) is 2.01. The van der Waals surface area contributed by atoms with E-state index < -0.39 is 5.97 Å². The molecule has 2 aromatic rings. The molecule has 1 fully saturated rings. The molecule has 1 aliphatic heterocycles. The van der Waals surface area contributed by atoms with Gasteiger partial charge in [0.2, 0.25) is 0 Å². The summed E-state index contributed by atoms with van der Waals surface area (Å²) >= 11 is 0. The molecule has 0 amide bonds. The van der Waals surface area contributed by atoms with E-state index in [0.29, 0.717) is 23.2 Å². The van der Waals surface area contributed by atoms with E-state index in [1.165, 1.54) is 6.07 Å². The molecule has 1 aromatic carbocycles. The van der Waals surface area contributed by atoms with Gasteiger partial charge in [0.1, 0.15) is 11.1 Å². The number of carboxylic acids is 1. The van der Waals surface area contributed by atoms with Gasteiger partial charge in [0, 0.05) is 6.04 Å². The Hall–Kier alpha value is -2.08. The van der Waals surface area contributed by atoms with Crippen LogP contribution in [0.2, 0.25) is 0 Å². The fourth-order valence-electron chi connectivity index (χ4n) is 2.32. The highest BCUT2D eigenvalue weighted by Gasteiger charge is 2.18. The molecule has 3 rings (SSSR count). The number of hydrogen-bond acceptors (Lipinski definition) is 5. The first-order chi connectivity index (χ1) is 9.24. The fourth-order valence-corrected chi connectivity index (χ4v) is 2.32. The predicted molar refractivity (Wildman–Crippen MR) is 70.5 cm³/mol. The molecular weight excluding hydrogens is 246 g/mol. The van der Waals surface area contributed by atoms with Crippen LogP contribution in [0.5, 0.6) is 0 Å². The Balaban J connectivity index is 1.88. The molecule has 6 nitrogen and oxygen atoms in total. The van der Waals surface area contributed by atoms with Gasteiger partial charge in [-0.3, -0.25) is 0 Å². The number of aromatic carboxylic acids is 1. The van der Waals surface area contributed by atoms with Crippen LogP contribution < -0.4 is 10.6 Å². The number of fused-ring (bicyclic) bond motifs is 1. The van der Waals surface area contributed by atoms with E-state index in [2.05, 4.69) is 15.6 Å². The number of carbonyl (C=O) groups is 1. The summed E-state index contributed by atoms with van der Waals surface area (Å²) in [7, 11) is 0. The molecule has 2 heterocycles. The Morgan fingerprint density at radius 1 is 1.42 bits per heavy atom. The minimum atomic E-state index is -1.00. The summed E-state index contributed by atoms with van der Waals surface area (Å²) in [5.41, 5.74) is 1.03.